The zero-order chi connectivity index (χ0) is 17.7. The number of benzene rings is 1. The van der Waals surface area contributed by atoms with E-state index >= 15 is 0 Å². The van der Waals surface area contributed by atoms with Gasteiger partial charge in [0.05, 0.1) is 16.9 Å². The molecule has 0 aliphatic heterocycles. The van der Waals surface area contributed by atoms with Crippen LogP contribution in [0.2, 0.25) is 0 Å². The Bertz CT molecular complexity index is 825. The highest BCUT2D eigenvalue weighted by Gasteiger charge is 2.25. The third-order valence-corrected chi connectivity index (χ3v) is 5.09. The van der Waals surface area contributed by atoms with E-state index in [0.717, 1.165) is 0 Å². The van der Waals surface area contributed by atoms with E-state index < -0.39 is 33.5 Å². The molecule has 1 atom stereocenters. The topological polar surface area (TPSA) is 114 Å². The van der Waals surface area contributed by atoms with Crippen LogP contribution in [-0.4, -0.2) is 31.4 Å². The maximum atomic E-state index is 12.4. The number of furan rings is 1. The fourth-order valence-corrected chi connectivity index (χ4v) is 3.50. The molecular weight excluding hydrogens is 334 g/mol. The van der Waals surface area contributed by atoms with Gasteiger partial charge in [0.2, 0.25) is 0 Å². The Kier molecular flexibility index (Phi) is 5.40. The molecule has 8 heteroatoms. The maximum Gasteiger partial charge on any atom is 0.326 e. The molecule has 0 saturated carbocycles. The summed E-state index contributed by atoms with van der Waals surface area (Å²) >= 11 is 0. The molecule has 0 fully saturated rings. The number of hydrogen-bond acceptors (Lipinski definition) is 5. The Labute approximate surface area is 139 Å². The van der Waals surface area contributed by atoms with E-state index in [4.69, 9.17) is 9.52 Å². The number of aliphatic carboxylic acids is 1. The van der Waals surface area contributed by atoms with E-state index in [-0.39, 0.29) is 22.6 Å². The van der Waals surface area contributed by atoms with Crippen LogP contribution in [0.4, 0.5) is 0 Å². The van der Waals surface area contributed by atoms with Crippen LogP contribution in [0, 0.1) is 0 Å². The van der Waals surface area contributed by atoms with E-state index in [0.29, 0.717) is 0 Å². The lowest BCUT2D eigenvalue weighted by Crippen LogP contribution is -2.40. The molecule has 0 saturated heterocycles. The smallest absolute Gasteiger partial charge is 0.326 e. The van der Waals surface area contributed by atoms with Gasteiger partial charge in [0.15, 0.2) is 15.6 Å². The SMILES string of the molecule is CCC(NC(=O)c1occc1CS(=O)(=O)c1ccccc1)C(=O)O. The second kappa shape index (κ2) is 7.31. The molecule has 0 aliphatic rings. The summed E-state index contributed by atoms with van der Waals surface area (Å²) in [5.41, 5.74) is 0.177. The Balaban J connectivity index is 2.22. The zero-order valence-corrected chi connectivity index (χ0v) is 13.7. The van der Waals surface area contributed by atoms with Crippen LogP contribution in [0.5, 0.6) is 0 Å². The molecule has 7 nitrogen and oxygen atoms in total. The highest BCUT2D eigenvalue weighted by atomic mass is 32.2. The van der Waals surface area contributed by atoms with Crippen LogP contribution in [0.1, 0.15) is 29.5 Å². The summed E-state index contributed by atoms with van der Waals surface area (Å²) in [5.74, 6) is -2.54. The molecule has 0 aliphatic carbocycles. The van der Waals surface area contributed by atoms with E-state index in [1.54, 1.807) is 25.1 Å². The molecule has 1 unspecified atom stereocenters. The first kappa shape index (κ1) is 17.7. The molecule has 1 aromatic carbocycles. The number of hydrogen-bond donors (Lipinski definition) is 2. The van der Waals surface area contributed by atoms with Crippen LogP contribution < -0.4 is 5.32 Å². The van der Waals surface area contributed by atoms with Crippen LogP contribution in [-0.2, 0) is 20.4 Å². The number of carbonyl (C=O) groups excluding carboxylic acids is 1. The van der Waals surface area contributed by atoms with Crippen molar-refractivity contribution in [2.75, 3.05) is 0 Å². The Hall–Kier alpha value is -2.61. The minimum atomic E-state index is -3.65. The second-order valence-corrected chi connectivity index (χ2v) is 7.11. The van der Waals surface area contributed by atoms with Crippen molar-refractivity contribution in [3.05, 3.63) is 54.0 Å². The number of carboxylic acid groups (broad SMARTS) is 1. The van der Waals surface area contributed by atoms with Gasteiger partial charge in [-0.2, -0.15) is 0 Å². The zero-order valence-electron chi connectivity index (χ0n) is 12.9. The van der Waals surface area contributed by atoms with Crippen LogP contribution in [0.15, 0.2) is 52.0 Å². The standard InChI is InChI=1S/C16H17NO6S/c1-2-13(16(19)20)17-15(18)14-11(8-9-23-14)10-24(21,22)12-6-4-3-5-7-12/h3-9,13H,2,10H2,1H3,(H,17,18)(H,19,20). The summed E-state index contributed by atoms with van der Waals surface area (Å²) in [4.78, 5) is 23.3. The molecule has 1 aromatic heterocycles. The van der Waals surface area contributed by atoms with Gasteiger partial charge in [-0.1, -0.05) is 25.1 Å². The fraction of sp³-hybridized carbons (Fsp3) is 0.250. The van der Waals surface area contributed by atoms with Gasteiger partial charge in [-0.15, -0.1) is 0 Å². The minimum Gasteiger partial charge on any atom is -0.480 e. The van der Waals surface area contributed by atoms with Gasteiger partial charge in [-0.05, 0) is 24.6 Å². The number of carboxylic acids is 1. The first-order chi connectivity index (χ1) is 11.3. The number of rotatable bonds is 7. The van der Waals surface area contributed by atoms with Crippen molar-refractivity contribution in [1.82, 2.24) is 5.32 Å². The molecule has 24 heavy (non-hydrogen) atoms. The first-order valence-electron chi connectivity index (χ1n) is 7.23. The lowest BCUT2D eigenvalue weighted by atomic mass is 10.2. The largest absolute Gasteiger partial charge is 0.480 e. The van der Waals surface area contributed by atoms with Crippen LogP contribution in [0.3, 0.4) is 0 Å². The minimum absolute atomic E-state index is 0.134. The quantitative estimate of drug-likeness (QED) is 0.787. The summed E-state index contributed by atoms with van der Waals surface area (Å²) in [5, 5.41) is 11.3. The molecule has 128 valence electrons. The molecular formula is C16H17NO6S. The second-order valence-electron chi connectivity index (χ2n) is 5.12. The highest BCUT2D eigenvalue weighted by Crippen LogP contribution is 2.20. The Morgan fingerprint density at radius 2 is 1.88 bits per heavy atom. The monoisotopic (exact) mass is 351 g/mol. The maximum absolute atomic E-state index is 12.4. The molecule has 0 spiro atoms. The van der Waals surface area contributed by atoms with Crippen LogP contribution in [0.25, 0.3) is 0 Å². The predicted octanol–water partition coefficient (Wildman–Crippen LogP) is 1.85. The summed E-state index contributed by atoms with van der Waals surface area (Å²) in [7, 11) is -3.65. The molecule has 1 heterocycles. The van der Waals surface area contributed by atoms with Gasteiger partial charge in [0.25, 0.3) is 5.91 Å². The lowest BCUT2D eigenvalue weighted by molar-refractivity contribution is -0.139. The first-order valence-corrected chi connectivity index (χ1v) is 8.88. The third kappa shape index (κ3) is 4.02. The van der Waals surface area contributed by atoms with Gasteiger partial charge in [0.1, 0.15) is 6.04 Å². The number of carbonyl (C=O) groups is 2. The van der Waals surface area contributed by atoms with Crippen molar-refractivity contribution >= 4 is 21.7 Å². The third-order valence-electron chi connectivity index (χ3n) is 3.41. The Morgan fingerprint density at radius 1 is 1.21 bits per heavy atom. The average molecular weight is 351 g/mol. The van der Waals surface area contributed by atoms with Crippen molar-refractivity contribution < 1.29 is 27.5 Å². The van der Waals surface area contributed by atoms with Crippen molar-refractivity contribution in [1.29, 1.82) is 0 Å². The average Bonchev–Trinajstić information content (AvgIpc) is 3.00. The molecule has 1 amide bonds. The summed E-state index contributed by atoms with van der Waals surface area (Å²) in [6.45, 7) is 1.61. The molecule has 2 rings (SSSR count). The molecule has 2 aromatic rings. The van der Waals surface area contributed by atoms with Gasteiger partial charge in [-0.3, -0.25) is 4.79 Å². The number of amides is 1. The molecule has 0 radical (unpaired) electrons. The van der Waals surface area contributed by atoms with Crippen molar-refractivity contribution in [2.24, 2.45) is 0 Å². The van der Waals surface area contributed by atoms with E-state index in [2.05, 4.69) is 5.32 Å². The summed E-state index contributed by atoms with van der Waals surface area (Å²) < 4.78 is 29.9. The van der Waals surface area contributed by atoms with Gasteiger partial charge in [-0.25, -0.2) is 13.2 Å². The van der Waals surface area contributed by atoms with Crippen LogP contribution >= 0.6 is 0 Å². The fourth-order valence-electron chi connectivity index (χ4n) is 2.13. The van der Waals surface area contributed by atoms with Crippen molar-refractivity contribution in [3.63, 3.8) is 0 Å². The summed E-state index contributed by atoms with van der Waals surface area (Å²) in [6.07, 6.45) is 1.39. The molecule has 0 bridgehead atoms. The van der Waals surface area contributed by atoms with Crippen molar-refractivity contribution in [2.45, 2.75) is 30.0 Å². The van der Waals surface area contributed by atoms with E-state index in [1.807, 2.05) is 0 Å². The number of nitrogens with one attached hydrogen (secondary N) is 1. The summed E-state index contributed by atoms with van der Waals surface area (Å²) in [6, 6.07) is 8.16. The Morgan fingerprint density at radius 3 is 2.46 bits per heavy atom. The van der Waals surface area contributed by atoms with Gasteiger partial charge < -0.3 is 14.8 Å². The normalized spacial score (nSPS) is 12.5. The van der Waals surface area contributed by atoms with E-state index in [1.165, 1.54) is 24.5 Å². The number of sulfone groups is 1. The molecule has 2 N–H and O–H groups in total. The lowest BCUT2D eigenvalue weighted by Gasteiger charge is -2.11. The highest BCUT2D eigenvalue weighted by molar-refractivity contribution is 7.90. The van der Waals surface area contributed by atoms with Crippen molar-refractivity contribution in [3.8, 4) is 0 Å². The predicted molar refractivity (Wildman–Crippen MR) is 85.2 cm³/mol. The van der Waals surface area contributed by atoms with Gasteiger partial charge >= 0.3 is 5.97 Å². The van der Waals surface area contributed by atoms with E-state index in [9.17, 15) is 18.0 Å². The van der Waals surface area contributed by atoms with Gasteiger partial charge in [0, 0.05) is 5.56 Å².